The number of nitrogens with two attached hydrogens (primary N) is 1. The van der Waals surface area contributed by atoms with Gasteiger partial charge in [-0.25, -0.2) is 9.97 Å². The lowest BCUT2D eigenvalue weighted by Crippen LogP contribution is -2.42. The number of carbonyl (C=O) groups excluding carboxylic acids is 1. The summed E-state index contributed by atoms with van der Waals surface area (Å²) in [5, 5.41) is 3.52. The number of carbonyl (C=O) groups is 1. The van der Waals surface area contributed by atoms with Crippen molar-refractivity contribution in [3.05, 3.63) is 27.2 Å². The fourth-order valence-corrected chi connectivity index (χ4v) is 8.79. The number of hydrogen-bond donors (Lipinski definition) is 1. The normalized spacial score (nSPS) is 21.8. The molecule has 0 aromatic carbocycles. The number of thiophene rings is 1. The van der Waals surface area contributed by atoms with Gasteiger partial charge in [0.15, 0.2) is 5.82 Å². The number of nitrogen functional groups attached to an aromatic ring is 1. The van der Waals surface area contributed by atoms with E-state index in [1.165, 1.54) is 9.58 Å². The highest BCUT2D eigenvalue weighted by atomic mass is 32.1. The monoisotopic (exact) mass is 636 g/mol. The molecule has 1 saturated carbocycles. The summed E-state index contributed by atoms with van der Waals surface area (Å²) < 4.78 is 15.0. The number of aryl methyl sites for hydroxylation is 1. The first-order chi connectivity index (χ1) is 22.1. The molecule has 0 bridgehead atoms. The quantitative estimate of drug-likeness (QED) is 0.0998. The maximum absolute atomic E-state index is 13.4. The first kappa shape index (κ1) is 32.0. The molecule has 0 unspecified atom stereocenters. The SMILES string of the molecule is CCCCc1nc2c(N)nc3cc(C4CCN(C(=O)C5CCC(COCCN=[N+]=[N-])CC5)CC4)sc3c2n1CC1CCOCC1. The molecule has 3 aliphatic rings. The number of likely N-dealkylation sites (tertiary alicyclic amines) is 1. The Hall–Kier alpha value is -2.92. The molecule has 2 N–H and O–H groups in total. The smallest absolute Gasteiger partial charge is 0.225 e. The number of azide groups is 1. The average molecular weight is 637 g/mol. The van der Waals surface area contributed by atoms with Gasteiger partial charge in [-0.2, -0.15) is 0 Å². The molecule has 244 valence electrons. The number of unbranched alkanes of at least 4 members (excludes halogenated alkanes) is 1. The summed E-state index contributed by atoms with van der Waals surface area (Å²) in [7, 11) is 0. The minimum absolute atomic E-state index is 0.128. The van der Waals surface area contributed by atoms with Gasteiger partial charge in [0, 0.05) is 68.1 Å². The van der Waals surface area contributed by atoms with Gasteiger partial charge in [-0.15, -0.1) is 11.3 Å². The third kappa shape index (κ3) is 7.40. The molecule has 2 aliphatic heterocycles. The molecule has 12 heteroatoms. The molecule has 5 heterocycles. The number of imidazole rings is 1. The fraction of sp³-hybridized carbons (Fsp3) is 0.727. The standard InChI is InChI=1S/C33H48N8O3S/c1-2-3-4-28-38-29-30(41(28)20-22-11-16-43-17-12-22)31-26(37-32(29)34)19-27(45-31)24-9-14-40(15-10-24)33(42)25-7-5-23(6-8-25)21-44-18-13-36-39-35/h19,22-25H,2-18,20-21H2,1H3,(H2,34,37). The number of piperidine rings is 1. The van der Waals surface area contributed by atoms with Crippen LogP contribution >= 0.6 is 11.3 Å². The predicted molar refractivity (Wildman–Crippen MR) is 178 cm³/mol. The lowest BCUT2D eigenvalue weighted by molar-refractivity contribution is -0.138. The van der Waals surface area contributed by atoms with Crippen LogP contribution in [0.3, 0.4) is 0 Å². The van der Waals surface area contributed by atoms with E-state index in [1.807, 2.05) is 11.3 Å². The molecule has 45 heavy (non-hydrogen) atoms. The van der Waals surface area contributed by atoms with Crippen LogP contribution in [0.5, 0.6) is 0 Å². The van der Waals surface area contributed by atoms with Crippen molar-refractivity contribution in [3.8, 4) is 0 Å². The molecule has 3 aromatic rings. The van der Waals surface area contributed by atoms with E-state index < -0.39 is 0 Å². The second-order valence-corrected chi connectivity index (χ2v) is 14.3. The maximum atomic E-state index is 13.4. The number of pyridine rings is 1. The van der Waals surface area contributed by atoms with E-state index in [2.05, 4.69) is 32.5 Å². The van der Waals surface area contributed by atoms with E-state index in [4.69, 9.17) is 30.7 Å². The molecular formula is C33H48N8O3S. The largest absolute Gasteiger partial charge is 0.382 e. The highest BCUT2D eigenvalue weighted by molar-refractivity contribution is 7.20. The van der Waals surface area contributed by atoms with E-state index in [0.717, 1.165) is 126 Å². The number of aromatic nitrogens is 3. The van der Waals surface area contributed by atoms with Gasteiger partial charge >= 0.3 is 0 Å². The van der Waals surface area contributed by atoms with E-state index in [9.17, 15) is 4.79 Å². The van der Waals surface area contributed by atoms with Crippen molar-refractivity contribution in [3.63, 3.8) is 0 Å². The van der Waals surface area contributed by atoms with Crippen LogP contribution in [0, 0.1) is 17.8 Å². The molecule has 1 aliphatic carbocycles. The van der Waals surface area contributed by atoms with Crippen molar-refractivity contribution in [2.45, 2.75) is 90.0 Å². The molecule has 0 atom stereocenters. The van der Waals surface area contributed by atoms with Crippen LogP contribution in [0.25, 0.3) is 31.7 Å². The van der Waals surface area contributed by atoms with Crippen LogP contribution in [-0.4, -0.2) is 71.4 Å². The van der Waals surface area contributed by atoms with Gasteiger partial charge in [-0.1, -0.05) is 18.5 Å². The van der Waals surface area contributed by atoms with Crippen molar-refractivity contribution in [2.75, 3.05) is 51.8 Å². The number of fused-ring (bicyclic) bond motifs is 3. The van der Waals surface area contributed by atoms with E-state index in [0.29, 0.717) is 49.2 Å². The summed E-state index contributed by atoms with van der Waals surface area (Å²) in [4.78, 5) is 29.6. The van der Waals surface area contributed by atoms with Crippen molar-refractivity contribution in [1.29, 1.82) is 0 Å². The zero-order valence-electron chi connectivity index (χ0n) is 26.7. The average Bonchev–Trinajstić information content (AvgIpc) is 3.66. The molecule has 0 spiro atoms. The van der Waals surface area contributed by atoms with E-state index >= 15 is 0 Å². The number of anilines is 1. The Labute approximate surface area is 269 Å². The van der Waals surface area contributed by atoms with Gasteiger partial charge in [0.05, 0.1) is 22.3 Å². The molecule has 2 saturated heterocycles. The van der Waals surface area contributed by atoms with Crippen LogP contribution in [0.1, 0.15) is 87.8 Å². The minimum atomic E-state index is 0.128. The Morgan fingerprint density at radius 1 is 1.13 bits per heavy atom. The highest BCUT2D eigenvalue weighted by Crippen LogP contribution is 2.41. The van der Waals surface area contributed by atoms with Crippen molar-refractivity contribution < 1.29 is 14.3 Å². The van der Waals surface area contributed by atoms with Crippen LogP contribution < -0.4 is 5.73 Å². The number of ether oxygens (including phenoxy) is 2. The number of rotatable bonds is 12. The third-order valence-corrected chi connectivity index (χ3v) is 11.5. The van der Waals surface area contributed by atoms with Gasteiger partial charge in [0.25, 0.3) is 0 Å². The number of nitrogens with zero attached hydrogens (tertiary/aromatic N) is 7. The predicted octanol–water partition coefficient (Wildman–Crippen LogP) is 6.84. The second kappa shape index (κ2) is 15.1. The topological polar surface area (TPSA) is 144 Å². The summed E-state index contributed by atoms with van der Waals surface area (Å²) in [6.45, 7) is 8.00. The van der Waals surface area contributed by atoms with Crippen LogP contribution in [-0.2, 0) is 27.2 Å². The molecule has 3 fully saturated rings. The lowest BCUT2D eigenvalue weighted by Gasteiger charge is -2.36. The molecule has 1 amide bonds. The van der Waals surface area contributed by atoms with Gasteiger partial charge in [0.2, 0.25) is 5.91 Å². The maximum Gasteiger partial charge on any atom is 0.225 e. The summed E-state index contributed by atoms with van der Waals surface area (Å²) in [6.07, 6.45) is 11.2. The van der Waals surface area contributed by atoms with Crippen molar-refractivity contribution in [2.24, 2.45) is 22.9 Å². The van der Waals surface area contributed by atoms with Crippen molar-refractivity contribution >= 4 is 44.3 Å². The Bertz CT molecular complexity index is 1490. The number of amides is 1. The molecule has 6 rings (SSSR count). The fourth-order valence-electron chi connectivity index (χ4n) is 7.47. The Morgan fingerprint density at radius 2 is 1.91 bits per heavy atom. The molecule has 3 aromatic heterocycles. The minimum Gasteiger partial charge on any atom is -0.382 e. The Morgan fingerprint density at radius 3 is 2.64 bits per heavy atom. The zero-order chi connectivity index (χ0) is 31.2. The summed E-state index contributed by atoms with van der Waals surface area (Å²) in [5.41, 5.74) is 17.9. The molecule has 11 nitrogen and oxygen atoms in total. The first-order valence-electron chi connectivity index (χ1n) is 17.1. The zero-order valence-corrected chi connectivity index (χ0v) is 27.5. The van der Waals surface area contributed by atoms with E-state index in [-0.39, 0.29) is 5.92 Å². The molecule has 0 radical (unpaired) electrons. The summed E-state index contributed by atoms with van der Waals surface area (Å²) >= 11 is 1.86. The highest BCUT2D eigenvalue weighted by Gasteiger charge is 2.33. The van der Waals surface area contributed by atoms with E-state index in [1.54, 1.807) is 0 Å². The third-order valence-electron chi connectivity index (χ3n) is 10.2. The summed E-state index contributed by atoms with van der Waals surface area (Å²) in [6, 6.07) is 2.26. The summed E-state index contributed by atoms with van der Waals surface area (Å²) in [5.74, 6) is 3.62. The van der Waals surface area contributed by atoms with Crippen LogP contribution in [0.15, 0.2) is 11.2 Å². The van der Waals surface area contributed by atoms with Crippen molar-refractivity contribution in [1.82, 2.24) is 19.4 Å². The van der Waals surface area contributed by atoms with Crippen LogP contribution in [0.4, 0.5) is 5.82 Å². The first-order valence-corrected chi connectivity index (χ1v) is 17.9. The Balaban J connectivity index is 1.11. The lowest BCUT2D eigenvalue weighted by atomic mass is 9.81. The van der Waals surface area contributed by atoms with Gasteiger partial charge < -0.3 is 24.7 Å². The molecular weight excluding hydrogens is 588 g/mol. The Kier molecular flexibility index (Phi) is 10.8. The number of hydrogen-bond acceptors (Lipinski definition) is 8. The van der Waals surface area contributed by atoms with Crippen LogP contribution in [0.2, 0.25) is 0 Å². The van der Waals surface area contributed by atoms with Gasteiger partial charge in [-0.05, 0) is 87.1 Å². The van der Waals surface area contributed by atoms with Gasteiger partial charge in [-0.3, -0.25) is 4.79 Å². The van der Waals surface area contributed by atoms with Gasteiger partial charge in [0.1, 0.15) is 11.3 Å². The second-order valence-electron chi connectivity index (χ2n) is 13.2.